The first kappa shape index (κ1) is 9.91. The summed E-state index contributed by atoms with van der Waals surface area (Å²) in [5.41, 5.74) is 0. The zero-order valence-electron chi connectivity index (χ0n) is 8.37. The van der Waals surface area contributed by atoms with Crippen LogP contribution < -0.4 is 0 Å². The highest BCUT2D eigenvalue weighted by molar-refractivity contribution is 8.16. The van der Waals surface area contributed by atoms with E-state index in [9.17, 15) is 4.79 Å². The lowest BCUT2D eigenvalue weighted by Gasteiger charge is -2.10. The molecule has 0 aromatic carbocycles. The molecule has 1 fully saturated rings. The van der Waals surface area contributed by atoms with E-state index in [0.717, 1.165) is 0 Å². The first-order valence-corrected chi connectivity index (χ1v) is 6.87. The van der Waals surface area contributed by atoms with Gasteiger partial charge in [0, 0.05) is 0 Å². The Hall–Kier alpha value is -0.630. The molecule has 0 saturated carbocycles. The molecular formula is C12H16OS. The molecule has 76 valence electrons. The quantitative estimate of drug-likeness (QED) is 0.559. The van der Waals surface area contributed by atoms with Gasteiger partial charge >= 0.3 is 0 Å². The van der Waals surface area contributed by atoms with Crippen molar-refractivity contribution in [2.75, 3.05) is 11.5 Å². The Kier molecular flexibility index (Phi) is 3.35. The van der Waals surface area contributed by atoms with Crippen molar-refractivity contribution < 1.29 is 4.79 Å². The highest BCUT2D eigenvalue weighted by Gasteiger charge is 2.07. The van der Waals surface area contributed by atoms with Crippen LogP contribution in [0.25, 0.3) is 0 Å². The molecule has 1 heterocycles. The van der Waals surface area contributed by atoms with Gasteiger partial charge in [-0.2, -0.15) is 10.5 Å². The molecule has 2 heteroatoms. The zero-order chi connectivity index (χ0) is 9.80. The Labute approximate surface area is 87.8 Å². The maximum atomic E-state index is 11.0. The van der Waals surface area contributed by atoms with Crippen LogP contribution in [0.4, 0.5) is 0 Å². The summed E-state index contributed by atoms with van der Waals surface area (Å²) in [6, 6.07) is 0. The number of ketones is 1. The molecule has 0 atom stereocenters. The van der Waals surface area contributed by atoms with Gasteiger partial charge in [-0.15, -0.1) is 0 Å². The molecule has 1 aliphatic carbocycles. The van der Waals surface area contributed by atoms with E-state index >= 15 is 0 Å². The second-order valence-electron chi connectivity index (χ2n) is 3.79. The number of carbonyl (C=O) groups excluding carboxylic acids is 1. The smallest absolute Gasteiger partial charge is 0.178 e. The summed E-state index contributed by atoms with van der Waals surface area (Å²) in [6.45, 7) is 0. The molecule has 2 aliphatic rings. The minimum Gasteiger partial charge on any atom is -0.290 e. The van der Waals surface area contributed by atoms with Gasteiger partial charge in [0.15, 0.2) is 5.78 Å². The highest BCUT2D eigenvalue weighted by Crippen LogP contribution is 2.26. The Morgan fingerprint density at radius 3 is 2.00 bits per heavy atom. The minimum atomic E-state index is 0.132. The maximum Gasteiger partial charge on any atom is 0.178 e. The van der Waals surface area contributed by atoms with E-state index in [4.69, 9.17) is 0 Å². The molecule has 2 rings (SSSR count). The average molecular weight is 208 g/mol. The summed E-state index contributed by atoms with van der Waals surface area (Å²) >= 11 is 0. The molecule has 1 nitrogen and oxygen atoms in total. The third kappa shape index (κ3) is 2.44. The van der Waals surface area contributed by atoms with Gasteiger partial charge < -0.3 is 0 Å². The Bertz CT molecular complexity index is 295. The molecule has 0 bridgehead atoms. The van der Waals surface area contributed by atoms with Crippen molar-refractivity contribution in [1.29, 1.82) is 0 Å². The van der Waals surface area contributed by atoms with E-state index in [0.29, 0.717) is 10.5 Å². The molecule has 0 radical (unpaired) electrons. The topological polar surface area (TPSA) is 17.1 Å². The maximum absolute atomic E-state index is 11.0. The summed E-state index contributed by atoms with van der Waals surface area (Å²) in [4.78, 5) is 12.4. The molecule has 1 aliphatic heterocycles. The normalized spacial score (nSPS) is 24.0. The fourth-order valence-corrected chi connectivity index (χ4v) is 4.18. The van der Waals surface area contributed by atoms with Gasteiger partial charge in [0.05, 0.1) is 0 Å². The Morgan fingerprint density at radius 1 is 0.857 bits per heavy atom. The molecule has 0 unspecified atom stereocenters. The van der Waals surface area contributed by atoms with Gasteiger partial charge in [-0.1, -0.05) is 12.8 Å². The molecule has 14 heavy (non-hydrogen) atoms. The summed E-state index contributed by atoms with van der Waals surface area (Å²) in [6.07, 6.45) is 13.0. The van der Waals surface area contributed by atoms with Crippen LogP contribution in [-0.2, 0) is 4.79 Å². The van der Waals surface area contributed by atoms with Crippen LogP contribution in [0.5, 0.6) is 0 Å². The van der Waals surface area contributed by atoms with Gasteiger partial charge in [-0.25, -0.2) is 0 Å². The van der Waals surface area contributed by atoms with Gasteiger partial charge in [0.2, 0.25) is 0 Å². The second-order valence-corrected chi connectivity index (χ2v) is 6.06. The summed E-state index contributed by atoms with van der Waals surface area (Å²) in [5.74, 6) is 2.79. The van der Waals surface area contributed by atoms with Crippen LogP contribution in [0.2, 0.25) is 0 Å². The van der Waals surface area contributed by atoms with E-state index in [1.807, 2.05) is 12.2 Å². The number of rotatable bonds is 0. The Morgan fingerprint density at radius 2 is 1.43 bits per heavy atom. The van der Waals surface area contributed by atoms with Crippen molar-refractivity contribution in [2.45, 2.75) is 25.7 Å². The Balaban J connectivity index is 2.17. The third-order valence-electron chi connectivity index (χ3n) is 2.69. The lowest BCUT2D eigenvalue weighted by molar-refractivity contribution is -0.110. The van der Waals surface area contributed by atoms with Crippen LogP contribution in [0, 0.1) is 0 Å². The van der Waals surface area contributed by atoms with E-state index < -0.39 is 0 Å². The van der Waals surface area contributed by atoms with Crippen molar-refractivity contribution in [3.05, 3.63) is 24.3 Å². The number of hydrogen-bond acceptors (Lipinski definition) is 1. The summed E-state index contributed by atoms with van der Waals surface area (Å²) in [5, 5.41) is 0. The molecule has 0 amide bonds. The van der Waals surface area contributed by atoms with E-state index in [2.05, 4.69) is 0 Å². The number of carbonyl (C=O) groups is 1. The number of allylic oxidation sites excluding steroid dienone is 4. The van der Waals surface area contributed by atoms with Crippen LogP contribution in [0.3, 0.4) is 0 Å². The molecular weight excluding hydrogens is 192 g/mol. The standard InChI is InChI=1S/C12H16OS/c13-11-5-7-12(8-6-11)14-9-3-1-2-4-10-14/h5-8H,1-4,9-10H2. The minimum absolute atomic E-state index is 0.132. The highest BCUT2D eigenvalue weighted by atomic mass is 32.2. The first-order valence-electron chi connectivity index (χ1n) is 5.31. The fourth-order valence-electron chi connectivity index (χ4n) is 1.88. The van der Waals surface area contributed by atoms with Crippen LogP contribution in [-0.4, -0.2) is 22.2 Å². The van der Waals surface area contributed by atoms with Crippen molar-refractivity contribution in [1.82, 2.24) is 0 Å². The summed E-state index contributed by atoms with van der Waals surface area (Å²) < 4.78 is 0. The molecule has 0 aromatic rings. The summed E-state index contributed by atoms with van der Waals surface area (Å²) in [7, 11) is 0.427. The second kappa shape index (κ2) is 4.74. The molecule has 0 spiro atoms. The number of hydrogen-bond donors (Lipinski definition) is 0. The van der Waals surface area contributed by atoms with Gasteiger partial charge in [-0.3, -0.25) is 4.79 Å². The van der Waals surface area contributed by atoms with Gasteiger partial charge in [0.25, 0.3) is 0 Å². The largest absolute Gasteiger partial charge is 0.290 e. The predicted octanol–water partition coefficient (Wildman–Crippen LogP) is 2.70. The fraction of sp³-hybridized carbons (Fsp3) is 0.500. The van der Waals surface area contributed by atoms with Crippen LogP contribution in [0.1, 0.15) is 25.7 Å². The van der Waals surface area contributed by atoms with Crippen molar-refractivity contribution >= 4 is 21.1 Å². The van der Waals surface area contributed by atoms with E-state index in [-0.39, 0.29) is 5.78 Å². The van der Waals surface area contributed by atoms with Crippen LogP contribution >= 0.6 is 10.5 Å². The lowest BCUT2D eigenvalue weighted by Crippen LogP contribution is -2.02. The average Bonchev–Trinajstić information content (AvgIpc) is 2.47. The van der Waals surface area contributed by atoms with Crippen LogP contribution in [0.15, 0.2) is 24.3 Å². The SMILES string of the molecule is O=C1C=CC(=S2CCCCCC2)C=C1. The van der Waals surface area contributed by atoms with E-state index in [1.165, 1.54) is 42.1 Å². The van der Waals surface area contributed by atoms with Crippen molar-refractivity contribution in [3.63, 3.8) is 0 Å². The van der Waals surface area contributed by atoms with Crippen molar-refractivity contribution in [3.8, 4) is 0 Å². The third-order valence-corrected chi connectivity index (χ3v) is 5.19. The molecule has 0 N–H and O–H groups in total. The van der Waals surface area contributed by atoms with E-state index in [1.54, 1.807) is 12.2 Å². The monoisotopic (exact) mass is 208 g/mol. The lowest BCUT2D eigenvalue weighted by atomic mass is 10.2. The zero-order valence-corrected chi connectivity index (χ0v) is 9.19. The van der Waals surface area contributed by atoms with Gasteiger partial charge in [0.1, 0.15) is 0 Å². The van der Waals surface area contributed by atoms with Crippen molar-refractivity contribution in [2.24, 2.45) is 0 Å². The van der Waals surface area contributed by atoms with Gasteiger partial charge in [-0.05, 0) is 53.5 Å². The predicted molar refractivity (Wildman–Crippen MR) is 64.1 cm³/mol. The molecule has 0 aromatic heterocycles. The molecule has 1 saturated heterocycles. The first-order chi connectivity index (χ1) is 6.86.